The van der Waals surface area contributed by atoms with Crippen molar-refractivity contribution >= 4 is 21.9 Å². The van der Waals surface area contributed by atoms with Crippen LogP contribution in [0.4, 0.5) is 8.78 Å². The van der Waals surface area contributed by atoms with Gasteiger partial charge in [0, 0.05) is 10.9 Å². The van der Waals surface area contributed by atoms with Gasteiger partial charge in [-0.2, -0.15) is 5.26 Å². The number of carbonyl (C=O) groups excluding carboxylic acids is 1. The summed E-state index contributed by atoms with van der Waals surface area (Å²) in [6, 6.07) is 3.97. The predicted octanol–water partition coefficient (Wildman–Crippen LogP) is 3.57. The molecule has 0 fully saturated rings. The fourth-order valence-electron chi connectivity index (χ4n) is 1.45. The molecule has 0 unspecified atom stereocenters. The van der Waals surface area contributed by atoms with E-state index in [1.54, 1.807) is 13.0 Å². The van der Waals surface area contributed by atoms with Crippen LogP contribution in [0.5, 0.6) is 0 Å². The van der Waals surface area contributed by atoms with Gasteiger partial charge in [0.1, 0.15) is 0 Å². The first-order chi connectivity index (χ1) is 8.54. The number of hydrogen-bond acceptors (Lipinski definition) is 3. The van der Waals surface area contributed by atoms with Crippen molar-refractivity contribution in [2.75, 3.05) is 6.61 Å². The maximum atomic E-state index is 12.7. The number of hydrogen-bond donors (Lipinski definition) is 0. The lowest BCUT2D eigenvalue weighted by atomic mass is 10.00. The van der Waals surface area contributed by atoms with Crippen molar-refractivity contribution in [1.29, 1.82) is 5.26 Å². The minimum Gasteiger partial charge on any atom is -0.462 e. The number of carbonyl (C=O) groups is 1. The van der Waals surface area contributed by atoms with Gasteiger partial charge < -0.3 is 4.74 Å². The number of benzene rings is 1. The maximum absolute atomic E-state index is 12.7. The molecule has 0 saturated heterocycles. The zero-order chi connectivity index (χ0) is 13.7. The highest BCUT2D eigenvalue weighted by Gasteiger charge is 2.20. The van der Waals surface area contributed by atoms with Crippen molar-refractivity contribution in [1.82, 2.24) is 0 Å². The van der Waals surface area contributed by atoms with Crippen molar-refractivity contribution < 1.29 is 18.3 Å². The minimum absolute atomic E-state index is 0.134. The molecule has 0 aromatic heterocycles. The Morgan fingerprint density at radius 2 is 2.22 bits per heavy atom. The Balaban J connectivity index is 3.36. The average molecular weight is 318 g/mol. The van der Waals surface area contributed by atoms with Crippen LogP contribution >= 0.6 is 15.9 Å². The van der Waals surface area contributed by atoms with Crippen molar-refractivity contribution in [2.24, 2.45) is 0 Å². The number of alkyl halides is 3. The fraction of sp³-hybridized carbons (Fsp3) is 0.333. The highest BCUT2D eigenvalue weighted by atomic mass is 79.9. The average Bonchev–Trinajstić information content (AvgIpc) is 2.37. The molecule has 0 amide bonds. The van der Waals surface area contributed by atoms with Gasteiger partial charge >= 0.3 is 5.97 Å². The van der Waals surface area contributed by atoms with E-state index in [-0.39, 0.29) is 28.6 Å². The monoisotopic (exact) mass is 317 g/mol. The molecule has 0 radical (unpaired) electrons. The summed E-state index contributed by atoms with van der Waals surface area (Å²) < 4.78 is 30.3. The van der Waals surface area contributed by atoms with Crippen LogP contribution in [-0.2, 0) is 10.1 Å². The van der Waals surface area contributed by atoms with Crippen LogP contribution in [0.3, 0.4) is 0 Å². The minimum atomic E-state index is -2.76. The zero-order valence-electron chi connectivity index (χ0n) is 9.54. The summed E-state index contributed by atoms with van der Waals surface area (Å²) in [4.78, 5) is 11.6. The second kappa shape index (κ2) is 6.45. The van der Waals surface area contributed by atoms with Crippen LogP contribution in [0.2, 0.25) is 0 Å². The molecular formula is C12H10BrF2NO2. The molecule has 18 heavy (non-hydrogen) atoms. The molecule has 0 aliphatic heterocycles. The number of rotatable bonds is 4. The molecule has 0 N–H and O–H groups in total. The van der Waals surface area contributed by atoms with Gasteiger partial charge in [0.2, 0.25) is 0 Å². The molecule has 1 rings (SSSR count). The van der Waals surface area contributed by atoms with Crippen molar-refractivity contribution in [2.45, 2.75) is 18.7 Å². The summed E-state index contributed by atoms with van der Waals surface area (Å²) in [6.45, 7) is 1.82. The standard InChI is InChI=1S/C12H10BrF2NO2/c1-2-18-12(17)10-4-8(6-16)9(11(14)15)3-7(10)5-13/h3-4,11H,2,5H2,1H3. The molecule has 0 heterocycles. The number of halogens is 3. The first-order valence-corrected chi connectivity index (χ1v) is 6.25. The van der Waals surface area contributed by atoms with Gasteiger partial charge in [-0.1, -0.05) is 15.9 Å². The van der Waals surface area contributed by atoms with E-state index in [1.807, 2.05) is 0 Å². The van der Waals surface area contributed by atoms with Gasteiger partial charge in [0.05, 0.1) is 23.8 Å². The van der Waals surface area contributed by atoms with Crippen LogP contribution in [0, 0.1) is 11.3 Å². The second-order valence-corrected chi connectivity index (χ2v) is 3.92. The van der Waals surface area contributed by atoms with Gasteiger partial charge in [0.15, 0.2) is 0 Å². The molecule has 1 aromatic rings. The molecular weight excluding hydrogens is 308 g/mol. The topological polar surface area (TPSA) is 50.1 Å². The molecule has 1 aromatic carbocycles. The van der Waals surface area contributed by atoms with Crippen LogP contribution < -0.4 is 0 Å². The highest BCUT2D eigenvalue weighted by molar-refractivity contribution is 9.08. The van der Waals surface area contributed by atoms with Crippen LogP contribution in [0.15, 0.2) is 12.1 Å². The Kier molecular flexibility index (Phi) is 5.23. The van der Waals surface area contributed by atoms with Crippen LogP contribution in [0.25, 0.3) is 0 Å². The SMILES string of the molecule is CCOC(=O)c1cc(C#N)c(C(F)F)cc1CBr. The number of esters is 1. The van der Waals surface area contributed by atoms with E-state index in [0.717, 1.165) is 12.1 Å². The van der Waals surface area contributed by atoms with E-state index in [2.05, 4.69) is 15.9 Å². The van der Waals surface area contributed by atoms with Gasteiger partial charge in [-0.05, 0) is 24.6 Å². The van der Waals surface area contributed by atoms with Crippen LogP contribution in [0.1, 0.15) is 40.4 Å². The van der Waals surface area contributed by atoms with Crippen molar-refractivity contribution in [3.8, 4) is 6.07 Å². The van der Waals surface area contributed by atoms with Crippen LogP contribution in [-0.4, -0.2) is 12.6 Å². The van der Waals surface area contributed by atoms with E-state index >= 15 is 0 Å². The first-order valence-electron chi connectivity index (χ1n) is 5.13. The predicted molar refractivity (Wildman–Crippen MR) is 64.7 cm³/mol. The van der Waals surface area contributed by atoms with E-state index in [0.29, 0.717) is 5.56 Å². The summed E-state index contributed by atoms with van der Waals surface area (Å²) in [5, 5.41) is 9.05. The summed E-state index contributed by atoms with van der Waals surface area (Å²) in [5.74, 6) is -0.621. The maximum Gasteiger partial charge on any atom is 0.338 e. The number of nitrogens with zero attached hydrogens (tertiary/aromatic N) is 1. The van der Waals surface area contributed by atoms with Crippen molar-refractivity contribution in [3.05, 3.63) is 34.4 Å². The lowest BCUT2D eigenvalue weighted by molar-refractivity contribution is 0.0525. The number of nitriles is 1. The van der Waals surface area contributed by atoms with E-state index in [9.17, 15) is 13.6 Å². The third kappa shape index (κ3) is 3.05. The van der Waals surface area contributed by atoms with Crippen molar-refractivity contribution in [3.63, 3.8) is 0 Å². The lowest BCUT2D eigenvalue weighted by Crippen LogP contribution is -2.09. The van der Waals surface area contributed by atoms with Gasteiger partial charge in [0.25, 0.3) is 6.43 Å². The Morgan fingerprint density at radius 1 is 1.56 bits per heavy atom. The zero-order valence-corrected chi connectivity index (χ0v) is 11.1. The Morgan fingerprint density at radius 3 is 2.67 bits per heavy atom. The highest BCUT2D eigenvalue weighted by Crippen LogP contribution is 2.27. The number of ether oxygens (including phenoxy) is 1. The van der Waals surface area contributed by atoms with Gasteiger partial charge in [-0.3, -0.25) is 0 Å². The third-order valence-corrected chi connectivity index (χ3v) is 2.87. The molecule has 0 aliphatic rings. The molecule has 0 spiro atoms. The first kappa shape index (κ1) is 14.6. The molecule has 0 atom stereocenters. The third-order valence-electron chi connectivity index (χ3n) is 2.27. The second-order valence-electron chi connectivity index (χ2n) is 3.36. The molecule has 6 heteroatoms. The molecule has 96 valence electrons. The van der Waals surface area contributed by atoms with Gasteiger partial charge in [-0.25, -0.2) is 13.6 Å². The summed E-state index contributed by atoms with van der Waals surface area (Å²) in [6.07, 6.45) is -2.76. The van der Waals surface area contributed by atoms with E-state index in [1.165, 1.54) is 0 Å². The van der Waals surface area contributed by atoms with Gasteiger partial charge in [-0.15, -0.1) is 0 Å². The quantitative estimate of drug-likeness (QED) is 0.630. The summed E-state index contributed by atoms with van der Waals surface area (Å²) in [7, 11) is 0. The molecule has 0 aliphatic carbocycles. The Bertz CT molecular complexity index is 498. The van der Waals surface area contributed by atoms with E-state index in [4.69, 9.17) is 10.00 Å². The Labute approximate surface area is 111 Å². The van der Waals surface area contributed by atoms with E-state index < -0.39 is 12.4 Å². The lowest BCUT2D eigenvalue weighted by Gasteiger charge is -2.10. The molecule has 0 bridgehead atoms. The Hall–Kier alpha value is -1.48. The smallest absolute Gasteiger partial charge is 0.338 e. The largest absolute Gasteiger partial charge is 0.462 e. The molecule has 0 saturated carbocycles. The fourth-order valence-corrected chi connectivity index (χ4v) is 1.91. The summed E-state index contributed by atoms with van der Waals surface area (Å²) >= 11 is 3.12. The summed E-state index contributed by atoms with van der Waals surface area (Å²) in [5.41, 5.74) is -0.0739. The normalized spacial score (nSPS) is 10.2. The molecule has 3 nitrogen and oxygen atoms in total.